The Morgan fingerprint density at radius 2 is 1.63 bits per heavy atom. The fourth-order valence-electron chi connectivity index (χ4n) is 9.72. The van der Waals surface area contributed by atoms with Crippen LogP contribution in [0.25, 0.3) is 21.9 Å². The number of aryl methyl sites for hydroxylation is 1. The predicted molar refractivity (Wildman–Crippen MR) is 227 cm³/mol. The highest BCUT2D eigenvalue weighted by Gasteiger charge is 2.47. The summed E-state index contributed by atoms with van der Waals surface area (Å²) in [7, 11) is 7.19. The van der Waals surface area contributed by atoms with Gasteiger partial charge in [-0.3, -0.25) is 44.0 Å². The Kier molecular flexibility index (Phi) is 12.1. The lowest BCUT2D eigenvalue weighted by Gasteiger charge is -2.53. The van der Waals surface area contributed by atoms with Crippen LogP contribution in [0, 0.1) is 11.3 Å². The number of nitrogens with zero attached hydrogens (tertiary/aromatic N) is 5. The molecule has 4 aromatic rings. The molecule has 8 rings (SSSR count). The van der Waals surface area contributed by atoms with Crippen molar-refractivity contribution in [2.75, 3.05) is 60.7 Å². The van der Waals surface area contributed by atoms with Crippen LogP contribution in [0.5, 0.6) is 17.2 Å². The number of hydrogen-bond donors (Lipinski definition) is 1. The van der Waals surface area contributed by atoms with E-state index in [0.717, 1.165) is 83.8 Å². The maximum Gasteiger partial charge on any atom is 0.262 e. The smallest absolute Gasteiger partial charge is 0.262 e. The number of methoxy groups -OCH3 is 2. The Hall–Kier alpha value is -6.13. The second-order valence-electron chi connectivity index (χ2n) is 17.0. The first-order valence-corrected chi connectivity index (χ1v) is 21.1. The predicted octanol–water partition coefficient (Wildman–Crippen LogP) is 3.96. The second kappa shape index (κ2) is 17.7. The number of aromatic nitrogens is 2. The molecule has 5 heterocycles. The molecule has 4 aliphatic rings. The topological polar surface area (TPSA) is 179 Å². The van der Waals surface area contributed by atoms with Crippen molar-refractivity contribution < 1.29 is 42.9 Å². The fraction of sp³-hybridized carbons (Fsp3) is 0.457. The van der Waals surface area contributed by atoms with Crippen molar-refractivity contribution in [3.63, 3.8) is 0 Å². The van der Waals surface area contributed by atoms with Gasteiger partial charge in [0.1, 0.15) is 29.9 Å². The van der Waals surface area contributed by atoms with Gasteiger partial charge < -0.3 is 33.3 Å². The highest BCUT2D eigenvalue weighted by Crippen LogP contribution is 2.53. The number of ether oxygens (including phenoxy) is 4. The Balaban J connectivity index is 0.752. The molecule has 1 saturated carbocycles. The number of hydrogen-bond acceptors (Lipinski definition) is 12. The van der Waals surface area contributed by atoms with Gasteiger partial charge >= 0.3 is 0 Å². The number of benzene rings is 2. The number of piperidine rings is 2. The lowest BCUT2D eigenvalue weighted by Crippen LogP contribution is -2.54. The van der Waals surface area contributed by atoms with Crippen molar-refractivity contribution in [2.24, 2.45) is 18.4 Å². The first kappa shape index (κ1) is 42.6. The van der Waals surface area contributed by atoms with E-state index in [2.05, 4.69) is 22.2 Å². The maximum atomic E-state index is 13.1. The maximum absolute atomic E-state index is 13.1. The van der Waals surface area contributed by atoms with Crippen molar-refractivity contribution in [1.82, 2.24) is 29.6 Å². The SMILES string of the molecule is COc1cc(-c2cn(C)c(=O)c3cnccc23)cc(OC)c1CN(C)CC1CC2(CCN(C(=O)CCOCCOc3ccc4c(c3)C(=O)N(C3CCC(=O)NC3=O)C4=O)CC2)C1. The molecule has 3 fully saturated rings. The summed E-state index contributed by atoms with van der Waals surface area (Å²) >= 11 is 0. The standard InChI is InChI=1S/C46H52N6O10/c1-49(26-36-38(59-3)19-29(20-39(36)60-4)35-27-50(2)43(56)34-24-47-13-9-31(34)35)25-28-22-46(23-28)11-14-51(15-12-46)41(54)10-16-61-17-18-62-30-5-6-32-33(21-30)45(58)52(44(32)57)37-7-8-40(53)48-42(37)55/h5-6,9,13,19-21,24,27-28,37H,7-8,10-12,14-18,22-23,25-26H2,1-4H3,(H,48,53,55). The summed E-state index contributed by atoms with van der Waals surface area (Å²) in [6.45, 7) is 3.74. The summed E-state index contributed by atoms with van der Waals surface area (Å²) in [4.78, 5) is 85.1. The van der Waals surface area contributed by atoms with Gasteiger partial charge in [0.2, 0.25) is 17.7 Å². The van der Waals surface area contributed by atoms with Crippen LogP contribution in [-0.4, -0.2) is 121 Å². The van der Waals surface area contributed by atoms with E-state index >= 15 is 0 Å². The molecule has 1 spiro atoms. The Labute approximate surface area is 359 Å². The molecule has 3 aliphatic heterocycles. The number of nitrogens with one attached hydrogen (secondary N) is 1. The molecular weight excluding hydrogens is 797 g/mol. The number of likely N-dealkylation sites (tertiary alicyclic amines) is 1. The van der Waals surface area contributed by atoms with Crippen LogP contribution in [-0.2, 0) is 32.7 Å². The van der Waals surface area contributed by atoms with E-state index in [0.29, 0.717) is 23.6 Å². The number of carbonyl (C=O) groups is 5. The summed E-state index contributed by atoms with van der Waals surface area (Å²) in [6.07, 6.45) is 9.81. The van der Waals surface area contributed by atoms with Crippen LogP contribution in [0.2, 0.25) is 0 Å². The molecule has 2 saturated heterocycles. The Morgan fingerprint density at radius 3 is 2.34 bits per heavy atom. The molecule has 5 amide bonds. The minimum Gasteiger partial charge on any atom is -0.496 e. The van der Waals surface area contributed by atoms with Gasteiger partial charge in [0, 0.05) is 63.8 Å². The molecule has 1 unspecified atom stereocenters. The summed E-state index contributed by atoms with van der Waals surface area (Å²) in [5, 5.41) is 3.56. The van der Waals surface area contributed by atoms with Gasteiger partial charge in [-0.05, 0) is 97.8 Å². The number of fused-ring (bicyclic) bond motifs is 2. The molecule has 1 aliphatic carbocycles. The molecule has 16 nitrogen and oxygen atoms in total. The third-order valence-electron chi connectivity index (χ3n) is 12.9. The minimum atomic E-state index is -1.03. The molecule has 2 aromatic heterocycles. The lowest BCUT2D eigenvalue weighted by molar-refractivity contribution is -0.137. The van der Waals surface area contributed by atoms with Crippen LogP contribution >= 0.6 is 0 Å². The zero-order valence-corrected chi connectivity index (χ0v) is 35.6. The highest BCUT2D eigenvalue weighted by molar-refractivity contribution is 6.23. The summed E-state index contributed by atoms with van der Waals surface area (Å²) in [6, 6.07) is 9.40. The van der Waals surface area contributed by atoms with Gasteiger partial charge in [0.05, 0.1) is 55.9 Å². The summed E-state index contributed by atoms with van der Waals surface area (Å²) in [5.41, 5.74) is 3.24. The number of pyridine rings is 2. The first-order chi connectivity index (χ1) is 29.9. The first-order valence-electron chi connectivity index (χ1n) is 21.1. The van der Waals surface area contributed by atoms with Gasteiger partial charge in [-0.1, -0.05) is 0 Å². The number of rotatable bonds is 15. The van der Waals surface area contributed by atoms with E-state index in [-0.39, 0.29) is 67.1 Å². The van der Waals surface area contributed by atoms with Crippen LogP contribution < -0.4 is 25.1 Å². The quantitative estimate of drug-likeness (QED) is 0.135. The zero-order chi connectivity index (χ0) is 43.7. The minimum absolute atomic E-state index is 0.0512. The van der Waals surface area contributed by atoms with Crippen LogP contribution in [0.4, 0.5) is 0 Å². The van der Waals surface area contributed by atoms with E-state index in [4.69, 9.17) is 18.9 Å². The average Bonchev–Trinajstić information content (AvgIpc) is 3.50. The van der Waals surface area contributed by atoms with E-state index in [1.165, 1.54) is 12.1 Å². The Morgan fingerprint density at radius 1 is 0.903 bits per heavy atom. The molecule has 62 heavy (non-hydrogen) atoms. The van der Waals surface area contributed by atoms with Crippen LogP contribution in [0.3, 0.4) is 0 Å². The molecule has 16 heteroatoms. The molecule has 1 atom stereocenters. The molecule has 326 valence electrons. The zero-order valence-electron chi connectivity index (χ0n) is 35.6. The van der Waals surface area contributed by atoms with Gasteiger partial charge in [-0.25, -0.2) is 0 Å². The molecular formula is C46H52N6O10. The van der Waals surface area contributed by atoms with Crippen molar-refractivity contribution in [3.05, 3.63) is 82.0 Å². The molecule has 0 radical (unpaired) electrons. The third-order valence-corrected chi connectivity index (χ3v) is 12.9. The number of amides is 5. The van der Waals surface area contributed by atoms with Gasteiger partial charge in [-0.2, -0.15) is 0 Å². The fourth-order valence-corrected chi connectivity index (χ4v) is 9.72. The highest BCUT2D eigenvalue weighted by atomic mass is 16.5. The monoisotopic (exact) mass is 848 g/mol. The lowest BCUT2D eigenvalue weighted by atomic mass is 9.57. The van der Waals surface area contributed by atoms with E-state index < -0.39 is 29.7 Å². The van der Waals surface area contributed by atoms with Crippen molar-refractivity contribution in [2.45, 2.75) is 57.5 Å². The number of carbonyl (C=O) groups excluding carboxylic acids is 5. The number of imide groups is 2. The summed E-state index contributed by atoms with van der Waals surface area (Å²) in [5.74, 6) is 0.199. The average molecular weight is 849 g/mol. The molecule has 0 bridgehead atoms. The van der Waals surface area contributed by atoms with Crippen LogP contribution in [0.1, 0.15) is 71.2 Å². The van der Waals surface area contributed by atoms with Crippen LogP contribution in [0.15, 0.2) is 59.8 Å². The van der Waals surface area contributed by atoms with Crippen molar-refractivity contribution >= 4 is 40.3 Å². The molecule has 1 N–H and O–H groups in total. The van der Waals surface area contributed by atoms with Crippen molar-refractivity contribution in [1.29, 1.82) is 0 Å². The van der Waals surface area contributed by atoms with E-state index in [1.807, 2.05) is 29.3 Å². The molecule has 2 aromatic carbocycles. The van der Waals surface area contributed by atoms with Crippen molar-refractivity contribution in [3.8, 4) is 28.4 Å². The third kappa shape index (κ3) is 8.40. The summed E-state index contributed by atoms with van der Waals surface area (Å²) < 4.78 is 24.9. The Bertz CT molecular complexity index is 2460. The van der Waals surface area contributed by atoms with Gasteiger partial charge in [0.15, 0.2) is 0 Å². The van der Waals surface area contributed by atoms with Gasteiger partial charge in [0.25, 0.3) is 17.4 Å². The van der Waals surface area contributed by atoms with E-state index in [9.17, 15) is 28.8 Å². The normalized spacial score (nSPS) is 18.6. The van der Waals surface area contributed by atoms with Gasteiger partial charge in [-0.15, -0.1) is 0 Å². The van der Waals surface area contributed by atoms with E-state index in [1.54, 1.807) is 44.3 Å². The largest absolute Gasteiger partial charge is 0.496 e. The second-order valence-corrected chi connectivity index (χ2v) is 17.0.